The molecule has 5 nitrogen and oxygen atoms in total. The van der Waals surface area contributed by atoms with Crippen LogP contribution in [-0.4, -0.2) is 42.1 Å². The number of likely N-dealkylation sites (N-methyl/N-ethyl adjacent to an activating group) is 1. The summed E-state index contributed by atoms with van der Waals surface area (Å²) in [5.41, 5.74) is 2.88. The van der Waals surface area contributed by atoms with Crippen LogP contribution in [0.2, 0.25) is 0 Å². The third kappa shape index (κ3) is 6.26. The molecule has 0 aliphatic heterocycles. The van der Waals surface area contributed by atoms with Gasteiger partial charge in [0, 0.05) is 24.6 Å². The van der Waals surface area contributed by atoms with Crippen LogP contribution in [0.25, 0.3) is 11.3 Å². The first-order valence-corrected chi connectivity index (χ1v) is 10.3. The second-order valence-electron chi connectivity index (χ2n) is 7.47. The highest BCUT2D eigenvalue weighted by Gasteiger charge is 2.17. The Morgan fingerprint density at radius 2 is 1.87 bits per heavy atom. The summed E-state index contributed by atoms with van der Waals surface area (Å²) in [6, 6.07) is 18.0. The standard InChI is InChI=1S/C24H28FN3O2/c1-18(24(29)26-15-14-19-10-12-21(25)13-11-19)28(2)16-6-9-22-17-23(27-30-22)20-7-4-3-5-8-20/h3-5,7-8,10-13,17-18H,6,9,14-16H2,1-2H3,(H,26,29). The van der Waals surface area contributed by atoms with Crippen molar-refractivity contribution in [2.24, 2.45) is 0 Å². The van der Waals surface area contributed by atoms with E-state index in [1.807, 2.05) is 55.3 Å². The van der Waals surface area contributed by atoms with Gasteiger partial charge in [0.2, 0.25) is 5.91 Å². The van der Waals surface area contributed by atoms with Crippen molar-refractivity contribution in [2.75, 3.05) is 20.1 Å². The summed E-state index contributed by atoms with van der Waals surface area (Å²) >= 11 is 0. The van der Waals surface area contributed by atoms with Crippen LogP contribution < -0.4 is 5.32 Å². The van der Waals surface area contributed by atoms with E-state index in [0.717, 1.165) is 42.0 Å². The van der Waals surface area contributed by atoms with E-state index in [1.54, 1.807) is 12.1 Å². The normalized spacial score (nSPS) is 12.1. The van der Waals surface area contributed by atoms with E-state index in [-0.39, 0.29) is 17.8 Å². The van der Waals surface area contributed by atoms with E-state index in [2.05, 4.69) is 10.5 Å². The van der Waals surface area contributed by atoms with Gasteiger partial charge in [-0.05, 0) is 51.1 Å². The molecule has 2 aromatic carbocycles. The average molecular weight is 410 g/mol. The summed E-state index contributed by atoms with van der Waals surface area (Å²) < 4.78 is 18.4. The zero-order valence-corrected chi connectivity index (χ0v) is 17.5. The predicted octanol–water partition coefficient (Wildman–Crippen LogP) is 4.09. The molecule has 0 bridgehead atoms. The van der Waals surface area contributed by atoms with Crippen LogP contribution in [0.1, 0.15) is 24.7 Å². The fourth-order valence-corrected chi connectivity index (χ4v) is 3.20. The van der Waals surface area contributed by atoms with Gasteiger partial charge in [0.15, 0.2) is 0 Å². The first-order chi connectivity index (χ1) is 14.5. The molecule has 0 aliphatic rings. The van der Waals surface area contributed by atoms with Gasteiger partial charge in [-0.3, -0.25) is 9.69 Å². The van der Waals surface area contributed by atoms with Crippen molar-refractivity contribution in [3.05, 3.63) is 77.8 Å². The van der Waals surface area contributed by atoms with Gasteiger partial charge in [-0.1, -0.05) is 47.6 Å². The lowest BCUT2D eigenvalue weighted by atomic mass is 10.1. The number of hydrogen-bond acceptors (Lipinski definition) is 4. The molecule has 1 amide bonds. The van der Waals surface area contributed by atoms with Crippen LogP contribution in [-0.2, 0) is 17.6 Å². The second-order valence-corrected chi connectivity index (χ2v) is 7.47. The Bertz CT molecular complexity index is 925. The number of rotatable bonds is 10. The highest BCUT2D eigenvalue weighted by atomic mass is 19.1. The average Bonchev–Trinajstić information content (AvgIpc) is 3.24. The first kappa shape index (κ1) is 21.7. The third-order valence-corrected chi connectivity index (χ3v) is 5.23. The summed E-state index contributed by atoms with van der Waals surface area (Å²) in [6.45, 7) is 3.20. The molecule has 1 atom stereocenters. The molecule has 30 heavy (non-hydrogen) atoms. The maximum Gasteiger partial charge on any atom is 0.237 e. The molecule has 0 fully saturated rings. The fraction of sp³-hybridized carbons (Fsp3) is 0.333. The van der Waals surface area contributed by atoms with E-state index in [0.29, 0.717) is 13.0 Å². The molecule has 0 radical (unpaired) electrons. The number of aromatic nitrogens is 1. The molecule has 0 aliphatic carbocycles. The Morgan fingerprint density at radius 3 is 2.60 bits per heavy atom. The van der Waals surface area contributed by atoms with Crippen LogP contribution in [0.5, 0.6) is 0 Å². The first-order valence-electron chi connectivity index (χ1n) is 10.3. The van der Waals surface area contributed by atoms with Gasteiger partial charge in [0.05, 0.1) is 6.04 Å². The minimum absolute atomic E-state index is 0.00867. The van der Waals surface area contributed by atoms with Gasteiger partial charge in [0.25, 0.3) is 0 Å². The summed E-state index contributed by atoms with van der Waals surface area (Å²) in [7, 11) is 1.94. The van der Waals surface area contributed by atoms with Crippen LogP contribution in [0.4, 0.5) is 4.39 Å². The molecule has 0 saturated heterocycles. The van der Waals surface area contributed by atoms with E-state index in [1.165, 1.54) is 12.1 Å². The number of halogens is 1. The Hall–Kier alpha value is -2.99. The van der Waals surface area contributed by atoms with Crippen molar-refractivity contribution in [1.29, 1.82) is 0 Å². The summed E-state index contributed by atoms with van der Waals surface area (Å²) in [4.78, 5) is 14.4. The van der Waals surface area contributed by atoms with Gasteiger partial charge in [0.1, 0.15) is 17.3 Å². The highest BCUT2D eigenvalue weighted by Crippen LogP contribution is 2.19. The monoisotopic (exact) mass is 409 g/mol. The van der Waals surface area contributed by atoms with Crippen molar-refractivity contribution < 1.29 is 13.7 Å². The molecule has 158 valence electrons. The zero-order chi connectivity index (χ0) is 21.3. The van der Waals surface area contributed by atoms with E-state index < -0.39 is 0 Å². The molecule has 1 heterocycles. The van der Waals surface area contributed by atoms with Crippen molar-refractivity contribution in [2.45, 2.75) is 32.2 Å². The molecular weight excluding hydrogens is 381 g/mol. The third-order valence-electron chi connectivity index (χ3n) is 5.23. The quantitative estimate of drug-likeness (QED) is 0.548. The molecule has 3 aromatic rings. The number of aryl methyl sites for hydroxylation is 1. The van der Waals surface area contributed by atoms with Gasteiger partial charge in [-0.15, -0.1) is 0 Å². The maximum atomic E-state index is 12.9. The van der Waals surface area contributed by atoms with Gasteiger partial charge < -0.3 is 9.84 Å². The van der Waals surface area contributed by atoms with E-state index >= 15 is 0 Å². The number of nitrogens with one attached hydrogen (secondary N) is 1. The number of nitrogens with zero attached hydrogens (tertiary/aromatic N) is 2. The summed E-state index contributed by atoms with van der Waals surface area (Å²) in [6.07, 6.45) is 2.31. The Kier molecular flexibility index (Phi) is 7.74. The van der Waals surface area contributed by atoms with Crippen molar-refractivity contribution in [3.8, 4) is 11.3 Å². The van der Waals surface area contributed by atoms with Crippen LogP contribution >= 0.6 is 0 Å². The number of hydrogen-bond donors (Lipinski definition) is 1. The molecule has 1 N–H and O–H groups in total. The Morgan fingerprint density at radius 1 is 1.13 bits per heavy atom. The fourth-order valence-electron chi connectivity index (χ4n) is 3.20. The molecule has 3 rings (SSSR count). The topological polar surface area (TPSA) is 58.4 Å². The minimum Gasteiger partial charge on any atom is -0.361 e. The molecule has 1 aromatic heterocycles. The van der Waals surface area contributed by atoms with Crippen molar-refractivity contribution in [3.63, 3.8) is 0 Å². The number of amides is 1. The predicted molar refractivity (Wildman–Crippen MR) is 115 cm³/mol. The molecular formula is C24H28FN3O2. The molecule has 0 spiro atoms. The Balaban J connectivity index is 1.37. The van der Waals surface area contributed by atoms with Gasteiger partial charge in [-0.2, -0.15) is 0 Å². The summed E-state index contributed by atoms with van der Waals surface area (Å²) in [5.74, 6) is 0.587. The minimum atomic E-state index is -0.250. The molecule has 1 unspecified atom stereocenters. The van der Waals surface area contributed by atoms with E-state index in [4.69, 9.17) is 4.52 Å². The lowest BCUT2D eigenvalue weighted by molar-refractivity contribution is -0.125. The second kappa shape index (κ2) is 10.7. The lowest BCUT2D eigenvalue weighted by Crippen LogP contribution is -2.44. The smallest absolute Gasteiger partial charge is 0.237 e. The summed E-state index contributed by atoms with van der Waals surface area (Å²) in [5, 5.41) is 7.09. The SMILES string of the molecule is CC(C(=O)NCCc1ccc(F)cc1)N(C)CCCc1cc(-c2ccccc2)no1. The number of benzene rings is 2. The zero-order valence-electron chi connectivity index (χ0n) is 17.5. The maximum absolute atomic E-state index is 12.9. The molecule has 6 heteroatoms. The van der Waals surface area contributed by atoms with Crippen LogP contribution in [0.3, 0.4) is 0 Å². The number of carbonyl (C=O) groups excluding carboxylic acids is 1. The highest BCUT2D eigenvalue weighted by molar-refractivity contribution is 5.81. The van der Waals surface area contributed by atoms with Crippen LogP contribution in [0.15, 0.2) is 65.2 Å². The van der Waals surface area contributed by atoms with Crippen LogP contribution in [0, 0.1) is 5.82 Å². The van der Waals surface area contributed by atoms with Crippen molar-refractivity contribution >= 4 is 5.91 Å². The van der Waals surface area contributed by atoms with Gasteiger partial charge in [-0.25, -0.2) is 4.39 Å². The van der Waals surface area contributed by atoms with Gasteiger partial charge >= 0.3 is 0 Å². The Labute approximate surface area is 176 Å². The van der Waals surface area contributed by atoms with Crippen molar-refractivity contribution in [1.82, 2.24) is 15.4 Å². The van der Waals surface area contributed by atoms with E-state index in [9.17, 15) is 9.18 Å². The lowest BCUT2D eigenvalue weighted by Gasteiger charge is -2.23. The number of carbonyl (C=O) groups is 1. The molecule has 0 saturated carbocycles. The largest absolute Gasteiger partial charge is 0.361 e.